The first-order valence-electron chi connectivity index (χ1n) is 21.6. The van der Waals surface area contributed by atoms with Crippen LogP contribution in [0, 0.1) is 24.2 Å². The Morgan fingerprint density at radius 2 is 1.25 bits per heavy atom. The van der Waals surface area contributed by atoms with Gasteiger partial charge in [0.2, 0.25) is 11.4 Å². The first-order valence-corrected chi connectivity index (χ1v) is 21.6. The van der Waals surface area contributed by atoms with Crippen LogP contribution >= 0.6 is 0 Å². The molecule has 9 rings (SSSR count). The smallest absolute Gasteiger partial charge is 0.225 e. The summed E-state index contributed by atoms with van der Waals surface area (Å²) >= 11 is 0. The van der Waals surface area contributed by atoms with E-state index in [1.165, 1.54) is 39.3 Å². The third kappa shape index (κ3) is 6.64. The van der Waals surface area contributed by atoms with Gasteiger partial charge in [-0.15, -0.1) is 35.2 Å². The number of ether oxygens (including phenoxy) is 1. The van der Waals surface area contributed by atoms with Crippen molar-refractivity contribution in [1.82, 2.24) is 18.7 Å². The van der Waals surface area contributed by atoms with Crippen molar-refractivity contribution >= 4 is 44.6 Å². The Hall–Kier alpha value is -4.54. The predicted molar refractivity (Wildman–Crippen MR) is 251 cm³/mol. The third-order valence-corrected chi connectivity index (χ3v) is 13.9. The molecule has 0 saturated carbocycles. The fourth-order valence-electron chi connectivity index (χ4n) is 8.98. The van der Waals surface area contributed by atoms with Crippen molar-refractivity contribution in [2.75, 3.05) is 0 Å². The van der Waals surface area contributed by atoms with Crippen LogP contribution < -0.4 is 13.9 Å². The number of pyridine rings is 1. The van der Waals surface area contributed by atoms with Crippen molar-refractivity contribution < 1.29 is 25.8 Å². The molecule has 2 aromatic heterocycles. The number of rotatable bonds is 6. The number of hydrogen-bond donors (Lipinski definition) is 0. The standard InChI is InChI=1S/C55H61N4O.Pt/c1-51(2,3)36-22-25-48-49(31-36)58(40-19-17-18-38(28-40)55(13,14)54(10,11)12)35-59(48,58)41-29-39(53(7,8)9)30-43(33-41)60-42-23-24-45-44-20-15-16-21-46(44)57(47(45)34-42)50-32-37(26-27-56-50)52(4,5)6;/h15-32,35H,1-14H3;/q-1;/t58-,59?;/m0./s1. The Balaban J connectivity index is 0.00000514. The van der Waals surface area contributed by atoms with Gasteiger partial charge < -0.3 is 9.30 Å². The molecule has 0 radical (unpaired) electrons. The number of para-hydroxylation sites is 1. The summed E-state index contributed by atoms with van der Waals surface area (Å²) in [5, 5.41) is 2.27. The molecule has 6 heteroatoms. The monoisotopic (exact) mass is 988 g/mol. The average molecular weight is 989 g/mol. The van der Waals surface area contributed by atoms with Gasteiger partial charge in [-0.1, -0.05) is 145 Å². The number of quaternary nitrogens is 2. The quantitative estimate of drug-likeness (QED) is 0.0943. The fourth-order valence-corrected chi connectivity index (χ4v) is 8.98. The van der Waals surface area contributed by atoms with Crippen LogP contribution in [-0.2, 0) is 42.7 Å². The minimum atomic E-state index is -0.143. The van der Waals surface area contributed by atoms with E-state index in [1.54, 1.807) is 0 Å². The van der Waals surface area contributed by atoms with Crippen molar-refractivity contribution in [3.05, 3.63) is 150 Å². The largest absolute Gasteiger partial charge is 0.509 e. The summed E-state index contributed by atoms with van der Waals surface area (Å²) in [7, 11) is 0. The molecule has 4 heterocycles. The van der Waals surface area contributed by atoms with Crippen molar-refractivity contribution in [1.29, 1.82) is 0 Å². The topological polar surface area (TPSA) is 27.1 Å². The second kappa shape index (κ2) is 14.0. The molecule has 5 nitrogen and oxygen atoms in total. The Kier molecular flexibility index (Phi) is 9.88. The fraction of sp³-hybridized carbons (Fsp3) is 0.345. The summed E-state index contributed by atoms with van der Waals surface area (Å²) < 4.78 is 10.3. The van der Waals surface area contributed by atoms with Crippen LogP contribution in [0.2, 0.25) is 0 Å². The summed E-state index contributed by atoms with van der Waals surface area (Å²) in [6.45, 7) is 34.7. The molecule has 318 valence electrons. The van der Waals surface area contributed by atoms with E-state index < -0.39 is 0 Å². The van der Waals surface area contributed by atoms with Crippen LogP contribution in [0.15, 0.2) is 109 Å². The van der Waals surface area contributed by atoms with E-state index in [0.717, 1.165) is 33.3 Å². The molecule has 0 amide bonds. The zero-order chi connectivity index (χ0) is 43.0. The minimum absolute atomic E-state index is 0. The summed E-state index contributed by atoms with van der Waals surface area (Å²) in [5.41, 5.74) is 11.9. The maximum atomic E-state index is 6.93. The van der Waals surface area contributed by atoms with E-state index in [4.69, 9.17) is 9.72 Å². The van der Waals surface area contributed by atoms with Gasteiger partial charge in [0.1, 0.15) is 5.82 Å². The van der Waals surface area contributed by atoms with Crippen LogP contribution in [0.25, 0.3) is 27.6 Å². The van der Waals surface area contributed by atoms with Crippen molar-refractivity contribution in [3.8, 4) is 17.3 Å². The van der Waals surface area contributed by atoms with E-state index >= 15 is 0 Å². The van der Waals surface area contributed by atoms with E-state index in [9.17, 15) is 0 Å². The number of hydrogen-bond acceptors (Lipinski definition) is 2. The molecular formula is C55H61N4OPt-. The van der Waals surface area contributed by atoms with Gasteiger partial charge in [-0.05, 0) is 67.4 Å². The molecule has 2 aliphatic heterocycles. The predicted octanol–water partition coefficient (Wildman–Crippen LogP) is 15.1. The van der Waals surface area contributed by atoms with Gasteiger partial charge >= 0.3 is 0 Å². The molecule has 7 aromatic rings. The molecule has 1 saturated heterocycles. The van der Waals surface area contributed by atoms with Crippen molar-refractivity contribution in [3.63, 3.8) is 0 Å². The summed E-state index contributed by atoms with van der Waals surface area (Å²) in [5.74, 6) is 2.18. The van der Waals surface area contributed by atoms with Crippen molar-refractivity contribution in [2.24, 2.45) is 5.41 Å². The number of benzene rings is 5. The molecular weight excluding hydrogens is 928 g/mol. The van der Waals surface area contributed by atoms with E-state index in [-0.39, 0.29) is 48.1 Å². The molecule has 2 atom stereocenters. The van der Waals surface area contributed by atoms with Gasteiger partial charge in [-0.25, -0.2) is 9.58 Å². The Morgan fingerprint density at radius 1 is 0.557 bits per heavy atom. The van der Waals surface area contributed by atoms with Gasteiger partial charge in [-0.3, -0.25) is 0 Å². The molecule has 5 aromatic carbocycles. The zero-order valence-electron chi connectivity index (χ0n) is 38.5. The average Bonchev–Trinajstić information content (AvgIpc) is 3.67. The Morgan fingerprint density at radius 3 is 1.93 bits per heavy atom. The SMILES string of the molecule is CC(C)(C)c1cc(Oc2[c-]c3c(cc2)c2ccccc2n3-c2cc(C(C)(C)C)ccn2)[c-]c([N+]23[CH-][N@+]2(c2cccc(C(C)(C)C(C)(C)C)c2)c2cc(C(C)(C)C)ccc23)c1.[Pt]. The molecule has 1 fully saturated rings. The molecule has 1 unspecified atom stereocenters. The summed E-state index contributed by atoms with van der Waals surface area (Å²) in [4.78, 5) is 4.89. The van der Waals surface area contributed by atoms with Gasteiger partial charge in [-0.2, -0.15) is 10.7 Å². The zero-order valence-corrected chi connectivity index (χ0v) is 40.8. The molecule has 0 N–H and O–H groups in total. The molecule has 2 aliphatic rings. The maximum absolute atomic E-state index is 6.93. The van der Waals surface area contributed by atoms with Crippen LogP contribution in [0.1, 0.15) is 119 Å². The third-order valence-electron chi connectivity index (χ3n) is 13.9. The Bertz CT molecular complexity index is 2860. The number of aromatic nitrogens is 2. The van der Waals surface area contributed by atoms with Gasteiger partial charge in [0.05, 0.1) is 5.69 Å². The Labute approximate surface area is 378 Å². The molecule has 0 spiro atoms. The molecule has 0 bridgehead atoms. The van der Waals surface area contributed by atoms with Crippen LogP contribution in [0.3, 0.4) is 0 Å². The molecule has 0 aliphatic carbocycles. The van der Waals surface area contributed by atoms with Crippen LogP contribution in [-0.4, -0.2) is 9.55 Å². The maximum Gasteiger partial charge on any atom is 0.225 e. The van der Waals surface area contributed by atoms with Crippen LogP contribution in [0.5, 0.6) is 11.5 Å². The van der Waals surface area contributed by atoms with Crippen molar-refractivity contribution in [2.45, 2.75) is 119 Å². The van der Waals surface area contributed by atoms with Crippen LogP contribution in [0.4, 0.5) is 22.7 Å². The number of nitrogens with zero attached hydrogens (tertiary/aromatic N) is 4. The van der Waals surface area contributed by atoms with E-state index in [0.29, 0.717) is 20.7 Å². The summed E-state index contributed by atoms with van der Waals surface area (Å²) in [6, 6.07) is 45.6. The summed E-state index contributed by atoms with van der Waals surface area (Å²) in [6.07, 6.45) is 1.92. The van der Waals surface area contributed by atoms with Gasteiger partial charge in [0.25, 0.3) is 0 Å². The number of fused-ring (bicyclic) bond motifs is 7. The minimum Gasteiger partial charge on any atom is -0.509 e. The van der Waals surface area contributed by atoms with E-state index in [2.05, 4.69) is 217 Å². The van der Waals surface area contributed by atoms with Gasteiger partial charge in [0, 0.05) is 68.5 Å². The molecule has 61 heavy (non-hydrogen) atoms. The van der Waals surface area contributed by atoms with Gasteiger partial charge in [0.15, 0.2) is 12.4 Å². The van der Waals surface area contributed by atoms with E-state index in [1.807, 2.05) is 12.3 Å². The first kappa shape index (κ1) is 43.1. The second-order valence-corrected chi connectivity index (χ2v) is 21.9. The normalized spacial score (nSPS) is 18.9. The second-order valence-electron chi connectivity index (χ2n) is 21.9. The first-order chi connectivity index (χ1) is 28.0.